The molecule has 0 aliphatic carbocycles. The highest BCUT2D eigenvalue weighted by Gasteiger charge is 2.07. The molecular weight excluding hydrogens is 344 g/mol. The fourth-order valence-electron chi connectivity index (χ4n) is 2.59. The van der Waals surface area contributed by atoms with E-state index in [1.807, 2.05) is 67.1 Å². The van der Waals surface area contributed by atoms with Crippen molar-refractivity contribution in [1.82, 2.24) is 20.3 Å². The van der Waals surface area contributed by atoms with Gasteiger partial charge in [-0.1, -0.05) is 31.2 Å². The number of nitrogens with one attached hydrogen (secondary N) is 1. The Bertz CT molecular complexity index is 833. The molecule has 0 bridgehead atoms. The van der Waals surface area contributed by atoms with E-state index in [9.17, 15) is 5.11 Å². The first-order valence-electron chi connectivity index (χ1n) is 9.17. The van der Waals surface area contributed by atoms with Crippen LogP contribution in [0.4, 0.5) is 0 Å². The number of benzene rings is 2. The lowest BCUT2D eigenvalue weighted by Gasteiger charge is -2.15. The molecule has 0 aliphatic heterocycles. The first kappa shape index (κ1) is 19.1. The van der Waals surface area contributed by atoms with Crippen LogP contribution in [0.15, 0.2) is 48.5 Å². The van der Waals surface area contributed by atoms with Crippen molar-refractivity contribution in [1.29, 1.82) is 0 Å². The van der Waals surface area contributed by atoms with Gasteiger partial charge >= 0.3 is 0 Å². The molecule has 7 nitrogen and oxygen atoms in total. The topological polar surface area (TPSA) is 81.4 Å². The Hall–Kier alpha value is -2.64. The molecular formula is C20H26N4O3. The van der Waals surface area contributed by atoms with E-state index in [1.165, 1.54) is 0 Å². The zero-order chi connectivity index (χ0) is 19.1. The van der Waals surface area contributed by atoms with Gasteiger partial charge in [0.15, 0.2) is 0 Å². The molecule has 7 heteroatoms. The molecule has 144 valence electrons. The molecule has 27 heavy (non-hydrogen) atoms. The summed E-state index contributed by atoms with van der Waals surface area (Å²) in [6.45, 7) is 5.95. The summed E-state index contributed by atoms with van der Waals surface area (Å²) in [5.41, 5.74) is 1.88. The molecule has 1 atom stereocenters. The summed E-state index contributed by atoms with van der Waals surface area (Å²) in [4.78, 5) is 0. The third-order valence-electron chi connectivity index (χ3n) is 4.02. The number of hydrogen-bond donors (Lipinski definition) is 2. The molecule has 1 heterocycles. The third-order valence-corrected chi connectivity index (χ3v) is 4.02. The van der Waals surface area contributed by atoms with E-state index >= 15 is 0 Å². The molecule has 2 aromatic carbocycles. The van der Waals surface area contributed by atoms with E-state index in [0.29, 0.717) is 31.5 Å². The summed E-state index contributed by atoms with van der Waals surface area (Å²) in [7, 11) is 0. The Balaban J connectivity index is 1.42. The lowest BCUT2D eigenvalue weighted by Crippen LogP contribution is -2.35. The van der Waals surface area contributed by atoms with Crippen molar-refractivity contribution in [3.05, 3.63) is 48.5 Å². The molecule has 0 saturated heterocycles. The van der Waals surface area contributed by atoms with Gasteiger partial charge in [-0.3, -0.25) is 0 Å². The van der Waals surface area contributed by atoms with Gasteiger partial charge in [-0.05, 0) is 36.4 Å². The molecule has 0 radical (unpaired) electrons. The van der Waals surface area contributed by atoms with Crippen LogP contribution in [-0.2, 0) is 6.54 Å². The normalized spacial score (nSPS) is 12.4. The first-order valence-corrected chi connectivity index (χ1v) is 9.17. The minimum atomic E-state index is -0.541. The van der Waals surface area contributed by atoms with E-state index in [2.05, 4.69) is 15.6 Å². The Morgan fingerprint density at radius 1 is 1.04 bits per heavy atom. The smallest absolute Gasteiger partial charge is 0.119 e. The third kappa shape index (κ3) is 5.67. The van der Waals surface area contributed by atoms with Crippen LogP contribution in [0.1, 0.15) is 13.8 Å². The maximum Gasteiger partial charge on any atom is 0.119 e. The van der Waals surface area contributed by atoms with Crippen molar-refractivity contribution < 1.29 is 14.6 Å². The van der Waals surface area contributed by atoms with Crippen LogP contribution >= 0.6 is 0 Å². The van der Waals surface area contributed by atoms with Crippen LogP contribution in [0.5, 0.6) is 11.5 Å². The van der Waals surface area contributed by atoms with Gasteiger partial charge in [-0.2, -0.15) is 0 Å². The summed E-state index contributed by atoms with van der Waals surface area (Å²) >= 11 is 0. The van der Waals surface area contributed by atoms with Crippen LogP contribution in [-0.4, -0.2) is 52.0 Å². The number of rotatable bonds is 10. The molecule has 0 aliphatic rings. The Morgan fingerprint density at radius 2 is 1.74 bits per heavy atom. The zero-order valence-electron chi connectivity index (χ0n) is 15.7. The predicted octanol–water partition coefficient (Wildman–Crippen LogP) is 2.25. The fourth-order valence-corrected chi connectivity index (χ4v) is 2.59. The number of hydrogen-bond acceptors (Lipinski definition) is 6. The van der Waals surface area contributed by atoms with Crippen LogP contribution < -0.4 is 14.8 Å². The number of fused-ring (bicyclic) bond motifs is 1. The summed E-state index contributed by atoms with van der Waals surface area (Å²) in [5.74, 6) is 1.46. The fraction of sp³-hybridized carbons (Fsp3) is 0.400. The second kappa shape index (κ2) is 9.34. The van der Waals surface area contributed by atoms with Gasteiger partial charge in [0.1, 0.15) is 36.3 Å². The van der Waals surface area contributed by atoms with Gasteiger partial charge in [-0.25, -0.2) is 4.68 Å². The summed E-state index contributed by atoms with van der Waals surface area (Å²) < 4.78 is 13.2. The molecule has 1 aromatic heterocycles. The average Bonchev–Trinajstić information content (AvgIpc) is 3.09. The Labute approximate surface area is 158 Å². The van der Waals surface area contributed by atoms with Crippen LogP contribution in [0, 0.1) is 0 Å². The van der Waals surface area contributed by atoms with Crippen molar-refractivity contribution >= 4 is 11.0 Å². The van der Waals surface area contributed by atoms with Crippen LogP contribution in [0.25, 0.3) is 11.0 Å². The van der Waals surface area contributed by atoms with E-state index in [-0.39, 0.29) is 6.61 Å². The highest BCUT2D eigenvalue weighted by Crippen LogP contribution is 2.18. The molecule has 0 saturated carbocycles. The van der Waals surface area contributed by atoms with Gasteiger partial charge in [0.2, 0.25) is 0 Å². The summed E-state index contributed by atoms with van der Waals surface area (Å²) in [5, 5.41) is 21.3. The Morgan fingerprint density at radius 3 is 2.48 bits per heavy atom. The molecule has 0 fully saturated rings. The molecule has 3 aromatic rings. The van der Waals surface area contributed by atoms with Gasteiger partial charge in [0.05, 0.1) is 12.1 Å². The van der Waals surface area contributed by atoms with Crippen molar-refractivity contribution in [3.8, 4) is 11.5 Å². The average molecular weight is 370 g/mol. The second-order valence-electron chi connectivity index (χ2n) is 6.65. The maximum absolute atomic E-state index is 9.87. The van der Waals surface area contributed by atoms with Gasteiger partial charge in [0.25, 0.3) is 0 Å². The number of para-hydroxylation sites is 1. The SMILES string of the molecule is CC(C)NCC(O)COc1ccc(OCCn2nnc3ccccc32)cc1. The van der Waals surface area contributed by atoms with E-state index in [1.54, 1.807) is 0 Å². The van der Waals surface area contributed by atoms with Crippen molar-refractivity contribution in [3.63, 3.8) is 0 Å². The van der Waals surface area contributed by atoms with Crippen LogP contribution in [0.2, 0.25) is 0 Å². The van der Waals surface area contributed by atoms with Crippen molar-refractivity contribution in [2.45, 2.75) is 32.5 Å². The van der Waals surface area contributed by atoms with Crippen LogP contribution in [0.3, 0.4) is 0 Å². The van der Waals surface area contributed by atoms with Crippen molar-refractivity contribution in [2.75, 3.05) is 19.8 Å². The molecule has 0 spiro atoms. The second-order valence-corrected chi connectivity index (χ2v) is 6.65. The van der Waals surface area contributed by atoms with E-state index in [4.69, 9.17) is 9.47 Å². The minimum absolute atomic E-state index is 0.249. The van der Waals surface area contributed by atoms with E-state index < -0.39 is 6.10 Å². The first-order chi connectivity index (χ1) is 13.1. The number of ether oxygens (including phenoxy) is 2. The Kier molecular flexibility index (Phi) is 6.62. The highest BCUT2D eigenvalue weighted by molar-refractivity contribution is 5.73. The summed E-state index contributed by atoms with van der Waals surface area (Å²) in [6.07, 6.45) is -0.541. The maximum atomic E-state index is 9.87. The zero-order valence-corrected chi connectivity index (χ0v) is 15.7. The number of aliphatic hydroxyl groups excluding tert-OH is 1. The lowest BCUT2D eigenvalue weighted by molar-refractivity contribution is 0.104. The monoisotopic (exact) mass is 370 g/mol. The van der Waals surface area contributed by atoms with Gasteiger partial charge < -0.3 is 19.9 Å². The van der Waals surface area contributed by atoms with Crippen molar-refractivity contribution in [2.24, 2.45) is 0 Å². The molecule has 3 rings (SSSR count). The number of aliphatic hydroxyl groups is 1. The quantitative estimate of drug-likeness (QED) is 0.570. The van der Waals surface area contributed by atoms with Gasteiger partial charge in [-0.15, -0.1) is 5.10 Å². The number of nitrogens with zero attached hydrogens (tertiary/aromatic N) is 3. The lowest BCUT2D eigenvalue weighted by atomic mass is 10.3. The number of aromatic nitrogens is 3. The molecule has 1 unspecified atom stereocenters. The standard InChI is InChI=1S/C20H26N4O3/c1-15(2)21-13-16(25)14-27-18-9-7-17(8-10-18)26-12-11-24-20-6-4-3-5-19(20)22-23-24/h3-10,15-16,21,25H,11-14H2,1-2H3. The largest absolute Gasteiger partial charge is 0.492 e. The molecule has 2 N–H and O–H groups in total. The van der Waals surface area contributed by atoms with Gasteiger partial charge in [0, 0.05) is 12.6 Å². The van der Waals surface area contributed by atoms with E-state index in [0.717, 1.165) is 16.8 Å². The molecule has 0 amide bonds. The predicted molar refractivity (Wildman–Crippen MR) is 104 cm³/mol. The minimum Gasteiger partial charge on any atom is -0.492 e. The summed E-state index contributed by atoms with van der Waals surface area (Å²) in [6, 6.07) is 15.6. The highest BCUT2D eigenvalue weighted by atomic mass is 16.5.